The van der Waals surface area contributed by atoms with Gasteiger partial charge in [-0.25, -0.2) is 0 Å². The number of hydrogen-bond donors (Lipinski definition) is 1. The molecule has 29 heavy (non-hydrogen) atoms. The van der Waals surface area contributed by atoms with E-state index in [0.29, 0.717) is 12.0 Å². The van der Waals surface area contributed by atoms with Crippen LogP contribution in [0.1, 0.15) is 49.4 Å². The molecule has 0 bridgehead atoms. The van der Waals surface area contributed by atoms with Crippen molar-refractivity contribution < 1.29 is 5.11 Å². The van der Waals surface area contributed by atoms with Crippen molar-refractivity contribution in [1.29, 1.82) is 0 Å². The van der Waals surface area contributed by atoms with Gasteiger partial charge in [-0.2, -0.15) is 0 Å². The average molecular weight is 388 g/mol. The highest BCUT2D eigenvalue weighted by Crippen LogP contribution is 2.47. The summed E-state index contributed by atoms with van der Waals surface area (Å²) < 4.78 is 0. The molecule has 150 valence electrons. The summed E-state index contributed by atoms with van der Waals surface area (Å²) in [6.45, 7) is 5.52. The molecule has 1 aliphatic rings. The summed E-state index contributed by atoms with van der Waals surface area (Å²) in [6, 6.07) is 18.3. The normalized spacial score (nSPS) is 18.8. The first-order valence-electron chi connectivity index (χ1n) is 10.5. The van der Waals surface area contributed by atoms with Crippen molar-refractivity contribution in [3.63, 3.8) is 0 Å². The molecule has 0 saturated carbocycles. The second kappa shape index (κ2) is 8.44. The van der Waals surface area contributed by atoms with Crippen LogP contribution in [0, 0.1) is 5.92 Å². The number of benzene rings is 1. The van der Waals surface area contributed by atoms with E-state index in [1.807, 2.05) is 30.3 Å². The standard InChI is InChI=1S/C25H29N3O/c1-19(2)23-13-8-16-28(23)24(20-9-4-3-5-10-20)25(29,21-11-6-14-26-17-21)22-12-7-15-27-18-22/h3-7,9-12,14-15,17-19,23-24,29H,8,13,16H2,1-2H3. The molecule has 0 amide bonds. The van der Waals surface area contributed by atoms with Crippen molar-refractivity contribution in [3.05, 3.63) is 96.1 Å². The number of hydrogen-bond acceptors (Lipinski definition) is 4. The quantitative estimate of drug-likeness (QED) is 0.673. The van der Waals surface area contributed by atoms with Crippen LogP contribution in [-0.4, -0.2) is 32.6 Å². The topological polar surface area (TPSA) is 49.2 Å². The summed E-state index contributed by atoms with van der Waals surface area (Å²) >= 11 is 0. The first-order chi connectivity index (χ1) is 14.1. The van der Waals surface area contributed by atoms with Crippen LogP contribution in [0.5, 0.6) is 0 Å². The number of aliphatic hydroxyl groups is 1. The number of aromatic nitrogens is 2. The average Bonchev–Trinajstić information content (AvgIpc) is 3.25. The van der Waals surface area contributed by atoms with Gasteiger partial charge in [0.15, 0.2) is 0 Å². The van der Waals surface area contributed by atoms with Gasteiger partial charge in [0.1, 0.15) is 5.60 Å². The minimum atomic E-state index is -1.26. The lowest BCUT2D eigenvalue weighted by molar-refractivity contribution is -0.0351. The van der Waals surface area contributed by atoms with Crippen molar-refractivity contribution in [1.82, 2.24) is 14.9 Å². The Balaban J connectivity index is 1.94. The number of nitrogens with zero attached hydrogens (tertiary/aromatic N) is 3. The number of pyridine rings is 2. The predicted octanol–water partition coefficient (Wildman–Crippen LogP) is 4.57. The van der Waals surface area contributed by atoms with Gasteiger partial charge in [0.05, 0.1) is 6.04 Å². The Bertz CT molecular complexity index is 860. The fourth-order valence-electron chi connectivity index (χ4n) is 4.82. The molecule has 0 spiro atoms. The van der Waals surface area contributed by atoms with Crippen LogP contribution in [0.2, 0.25) is 0 Å². The molecule has 0 aliphatic carbocycles. The fourth-order valence-corrected chi connectivity index (χ4v) is 4.82. The molecule has 4 nitrogen and oxygen atoms in total. The molecule has 4 heteroatoms. The van der Waals surface area contributed by atoms with Gasteiger partial charge in [-0.1, -0.05) is 56.3 Å². The summed E-state index contributed by atoms with van der Waals surface area (Å²) in [6.07, 6.45) is 9.35. The van der Waals surface area contributed by atoms with E-state index in [4.69, 9.17) is 0 Å². The second-order valence-corrected chi connectivity index (χ2v) is 8.25. The predicted molar refractivity (Wildman–Crippen MR) is 115 cm³/mol. The summed E-state index contributed by atoms with van der Waals surface area (Å²) in [5.41, 5.74) is 1.42. The molecule has 1 saturated heterocycles. The SMILES string of the molecule is CC(C)C1CCCN1C(c1ccccc1)C(O)(c1cccnc1)c1cccnc1. The molecule has 2 unspecified atom stereocenters. The van der Waals surface area contributed by atoms with E-state index in [1.54, 1.807) is 24.8 Å². The maximum Gasteiger partial charge on any atom is 0.137 e. The molecular weight excluding hydrogens is 358 g/mol. The third-order valence-corrected chi connectivity index (χ3v) is 6.16. The Kier molecular flexibility index (Phi) is 5.74. The Hall–Kier alpha value is -2.56. The van der Waals surface area contributed by atoms with Gasteiger partial charge in [-0.05, 0) is 43.0 Å². The highest BCUT2D eigenvalue weighted by atomic mass is 16.3. The minimum Gasteiger partial charge on any atom is -0.378 e. The summed E-state index contributed by atoms with van der Waals surface area (Å²) in [4.78, 5) is 11.2. The van der Waals surface area contributed by atoms with E-state index < -0.39 is 5.60 Å². The lowest BCUT2D eigenvalue weighted by atomic mass is 9.77. The Labute approximate surface area is 173 Å². The van der Waals surface area contributed by atoms with E-state index in [9.17, 15) is 5.11 Å². The zero-order valence-corrected chi connectivity index (χ0v) is 17.1. The van der Waals surface area contributed by atoms with Gasteiger partial charge in [0.2, 0.25) is 0 Å². The zero-order valence-electron chi connectivity index (χ0n) is 17.1. The van der Waals surface area contributed by atoms with E-state index >= 15 is 0 Å². The Morgan fingerprint density at radius 3 is 2.07 bits per heavy atom. The highest BCUT2D eigenvalue weighted by molar-refractivity contribution is 5.39. The van der Waals surface area contributed by atoms with Crippen LogP contribution in [0.15, 0.2) is 79.4 Å². The van der Waals surface area contributed by atoms with Gasteiger partial charge >= 0.3 is 0 Å². The van der Waals surface area contributed by atoms with Crippen LogP contribution in [-0.2, 0) is 5.60 Å². The van der Waals surface area contributed by atoms with E-state index in [-0.39, 0.29) is 6.04 Å². The van der Waals surface area contributed by atoms with Gasteiger partial charge in [-0.3, -0.25) is 14.9 Å². The zero-order chi connectivity index (χ0) is 20.3. The van der Waals surface area contributed by atoms with Gasteiger partial charge in [0, 0.05) is 42.0 Å². The molecule has 3 heterocycles. The summed E-state index contributed by atoms with van der Waals surface area (Å²) in [5.74, 6) is 0.510. The molecule has 1 fully saturated rings. The van der Waals surface area contributed by atoms with Crippen LogP contribution < -0.4 is 0 Å². The van der Waals surface area contributed by atoms with Crippen molar-refractivity contribution in [2.24, 2.45) is 5.92 Å². The molecule has 2 atom stereocenters. The largest absolute Gasteiger partial charge is 0.378 e. The summed E-state index contributed by atoms with van der Waals surface area (Å²) in [7, 11) is 0. The Morgan fingerprint density at radius 2 is 1.55 bits per heavy atom. The van der Waals surface area contributed by atoms with E-state index in [0.717, 1.165) is 36.1 Å². The van der Waals surface area contributed by atoms with Crippen molar-refractivity contribution in [3.8, 4) is 0 Å². The Morgan fingerprint density at radius 1 is 0.931 bits per heavy atom. The number of likely N-dealkylation sites (tertiary alicyclic amines) is 1. The van der Waals surface area contributed by atoms with E-state index in [2.05, 4.69) is 53.0 Å². The van der Waals surface area contributed by atoms with Crippen LogP contribution >= 0.6 is 0 Å². The first kappa shape index (κ1) is 19.7. The third-order valence-electron chi connectivity index (χ3n) is 6.16. The van der Waals surface area contributed by atoms with Crippen molar-refractivity contribution in [2.75, 3.05) is 6.54 Å². The number of rotatable bonds is 6. The first-order valence-corrected chi connectivity index (χ1v) is 10.5. The molecule has 4 rings (SSSR count). The molecule has 0 radical (unpaired) electrons. The lowest BCUT2D eigenvalue weighted by Gasteiger charge is -2.45. The van der Waals surface area contributed by atoms with E-state index in [1.165, 1.54) is 0 Å². The molecule has 1 aromatic carbocycles. The molecular formula is C25H29N3O. The fraction of sp³-hybridized carbons (Fsp3) is 0.360. The highest BCUT2D eigenvalue weighted by Gasteiger charge is 2.48. The van der Waals surface area contributed by atoms with Crippen LogP contribution in [0.25, 0.3) is 0 Å². The third kappa shape index (κ3) is 3.70. The maximum atomic E-state index is 12.5. The summed E-state index contributed by atoms with van der Waals surface area (Å²) in [5, 5.41) is 12.5. The van der Waals surface area contributed by atoms with Gasteiger partial charge in [-0.15, -0.1) is 0 Å². The maximum absolute atomic E-state index is 12.5. The van der Waals surface area contributed by atoms with Gasteiger partial charge < -0.3 is 5.11 Å². The lowest BCUT2D eigenvalue weighted by Crippen LogP contribution is -2.48. The van der Waals surface area contributed by atoms with Crippen LogP contribution in [0.3, 0.4) is 0 Å². The van der Waals surface area contributed by atoms with Crippen molar-refractivity contribution >= 4 is 0 Å². The minimum absolute atomic E-state index is 0.230. The molecule has 1 N–H and O–H groups in total. The molecule has 1 aliphatic heterocycles. The second-order valence-electron chi connectivity index (χ2n) is 8.25. The van der Waals surface area contributed by atoms with Gasteiger partial charge in [0.25, 0.3) is 0 Å². The van der Waals surface area contributed by atoms with Crippen molar-refractivity contribution in [2.45, 2.75) is 44.4 Å². The smallest absolute Gasteiger partial charge is 0.137 e. The monoisotopic (exact) mass is 387 g/mol. The van der Waals surface area contributed by atoms with Crippen LogP contribution in [0.4, 0.5) is 0 Å². The molecule has 2 aromatic heterocycles. The molecule has 3 aromatic rings.